The fourth-order valence-corrected chi connectivity index (χ4v) is 3.34. The molecule has 7 heteroatoms. The van der Waals surface area contributed by atoms with Gasteiger partial charge < -0.3 is 5.11 Å². The zero-order valence-electron chi connectivity index (χ0n) is 17.1. The summed E-state index contributed by atoms with van der Waals surface area (Å²) in [6, 6.07) is 0. The average molecular weight is 417 g/mol. The number of unbranched alkanes of at least 4 members (excludes halogenated alkanes) is 11. The molecule has 0 saturated heterocycles. The zero-order valence-corrected chi connectivity index (χ0v) is 17.1. The molecule has 0 aliphatic heterocycles. The quantitative estimate of drug-likeness (QED) is 0.181. The first-order valence-electron chi connectivity index (χ1n) is 10.8. The minimum atomic E-state index is -5.57. The van der Waals surface area contributed by atoms with Crippen molar-refractivity contribution in [3.63, 3.8) is 0 Å². The number of carboxylic acid groups (broad SMARTS) is 1. The summed E-state index contributed by atoms with van der Waals surface area (Å²) in [5.41, 5.74) is 0. The van der Waals surface area contributed by atoms with Crippen LogP contribution in [0.15, 0.2) is 0 Å². The van der Waals surface area contributed by atoms with Gasteiger partial charge in [-0.25, -0.2) is 0 Å². The highest BCUT2D eigenvalue weighted by Crippen LogP contribution is 2.39. The molecular formula is C21H37F5O2. The van der Waals surface area contributed by atoms with Crippen LogP contribution >= 0.6 is 0 Å². The van der Waals surface area contributed by atoms with Gasteiger partial charge in [0.05, 0.1) is 5.92 Å². The molecule has 0 amide bonds. The second-order valence-corrected chi connectivity index (χ2v) is 7.81. The monoisotopic (exact) mass is 416 g/mol. The van der Waals surface area contributed by atoms with E-state index in [1.807, 2.05) is 0 Å². The van der Waals surface area contributed by atoms with E-state index < -0.39 is 36.8 Å². The first kappa shape index (κ1) is 27.1. The molecule has 28 heavy (non-hydrogen) atoms. The molecule has 0 aromatic carbocycles. The van der Waals surface area contributed by atoms with Crippen molar-refractivity contribution >= 4 is 5.97 Å². The van der Waals surface area contributed by atoms with E-state index in [2.05, 4.69) is 6.92 Å². The number of aliphatic carboxylic acids is 1. The van der Waals surface area contributed by atoms with E-state index in [4.69, 9.17) is 5.11 Å². The number of hydrogen-bond acceptors (Lipinski definition) is 1. The standard InChI is InChI=1S/C21H37F5O2/c1-2-3-4-5-6-7-8-9-10-11-12-13-15-18(19(27)28)16-14-17-20(22,23)21(24,25)26/h18H,2-17H2,1H3,(H,27,28). The predicted octanol–water partition coefficient (Wildman–Crippen LogP) is 8.15. The van der Waals surface area contributed by atoms with Crippen molar-refractivity contribution in [3.05, 3.63) is 0 Å². The Morgan fingerprint density at radius 3 is 1.50 bits per heavy atom. The van der Waals surface area contributed by atoms with E-state index in [9.17, 15) is 26.7 Å². The van der Waals surface area contributed by atoms with Crippen molar-refractivity contribution in [3.8, 4) is 0 Å². The molecule has 1 unspecified atom stereocenters. The van der Waals surface area contributed by atoms with E-state index in [0.29, 0.717) is 12.8 Å². The van der Waals surface area contributed by atoms with E-state index in [1.165, 1.54) is 51.4 Å². The van der Waals surface area contributed by atoms with Crippen molar-refractivity contribution in [1.29, 1.82) is 0 Å². The Balaban J connectivity index is 3.74. The second kappa shape index (κ2) is 15.0. The van der Waals surface area contributed by atoms with Crippen molar-refractivity contribution < 1.29 is 31.9 Å². The van der Waals surface area contributed by atoms with E-state index in [0.717, 1.165) is 19.3 Å². The molecule has 0 spiro atoms. The first-order valence-corrected chi connectivity index (χ1v) is 10.8. The Bertz CT molecular complexity index is 397. The topological polar surface area (TPSA) is 37.3 Å². The van der Waals surface area contributed by atoms with Crippen LogP contribution in [0.1, 0.15) is 110 Å². The van der Waals surface area contributed by atoms with E-state index >= 15 is 0 Å². The number of hydrogen-bond donors (Lipinski definition) is 1. The SMILES string of the molecule is CCCCCCCCCCCCCCC(CCCC(F)(F)C(F)(F)F)C(=O)O. The lowest BCUT2D eigenvalue weighted by Crippen LogP contribution is -2.36. The number of rotatable bonds is 18. The molecule has 0 rings (SSSR count). The molecule has 0 bridgehead atoms. The third kappa shape index (κ3) is 13.3. The molecule has 1 atom stereocenters. The highest BCUT2D eigenvalue weighted by Gasteiger charge is 2.56. The second-order valence-electron chi connectivity index (χ2n) is 7.81. The Hall–Kier alpha value is -0.880. The van der Waals surface area contributed by atoms with Gasteiger partial charge in [-0.3, -0.25) is 4.79 Å². The van der Waals surface area contributed by atoms with Gasteiger partial charge >= 0.3 is 18.1 Å². The first-order chi connectivity index (χ1) is 13.1. The largest absolute Gasteiger partial charge is 0.481 e. The van der Waals surface area contributed by atoms with Crippen LogP contribution in [-0.4, -0.2) is 23.2 Å². The summed E-state index contributed by atoms with van der Waals surface area (Å²) in [6.45, 7) is 2.20. The van der Waals surface area contributed by atoms with Gasteiger partial charge in [0.2, 0.25) is 0 Å². The Morgan fingerprint density at radius 1 is 0.714 bits per heavy atom. The fraction of sp³-hybridized carbons (Fsp3) is 0.952. The van der Waals surface area contributed by atoms with Crippen molar-refractivity contribution in [2.24, 2.45) is 5.92 Å². The lowest BCUT2D eigenvalue weighted by Gasteiger charge is -2.20. The lowest BCUT2D eigenvalue weighted by molar-refractivity contribution is -0.284. The maximum absolute atomic E-state index is 12.9. The Morgan fingerprint density at radius 2 is 1.11 bits per heavy atom. The smallest absolute Gasteiger partial charge is 0.453 e. The van der Waals surface area contributed by atoms with Gasteiger partial charge in [-0.15, -0.1) is 0 Å². The molecule has 0 aromatic rings. The van der Waals surface area contributed by atoms with Crippen LogP contribution in [0, 0.1) is 5.92 Å². The van der Waals surface area contributed by atoms with Gasteiger partial charge in [0.25, 0.3) is 0 Å². The van der Waals surface area contributed by atoms with Gasteiger partial charge in [0.15, 0.2) is 0 Å². The summed E-state index contributed by atoms with van der Waals surface area (Å²) in [6.07, 6.45) is 6.60. The number of alkyl halides is 5. The Kier molecular flexibility index (Phi) is 14.6. The molecule has 1 N–H and O–H groups in total. The van der Waals surface area contributed by atoms with Crippen LogP contribution in [0.3, 0.4) is 0 Å². The third-order valence-corrected chi connectivity index (χ3v) is 5.21. The van der Waals surface area contributed by atoms with Crippen LogP contribution in [0.4, 0.5) is 22.0 Å². The molecule has 0 heterocycles. The third-order valence-electron chi connectivity index (χ3n) is 5.21. The number of halogens is 5. The summed E-state index contributed by atoms with van der Waals surface area (Å²) in [4.78, 5) is 11.2. The minimum absolute atomic E-state index is 0.140. The highest BCUT2D eigenvalue weighted by atomic mass is 19.4. The molecular weight excluding hydrogens is 379 g/mol. The average Bonchev–Trinajstić information content (AvgIpc) is 2.59. The van der Waals surface area contributed by atoms with Gasteiger partial charge in [-0.2, -0.15) is 22.0 Å². The molecule has 0 aliphatic carbocycles. The summed E-state index contributed by atoms with van der Waals surface area (Å²) >= 11 is 0. The van der Waals surface area contributed by atoms with Gasteiger partial charge in [0.1, 0.15) is 0 Å². The zero-order chi connectivity index (χ0) is 21.5. The summed E-state index contributed by atoms with van der Waals surface area (Å²) in [5.74, 6) is -6.70. The number of carbonyl (C=O) groups is 1. The van der Waals surface area contributed by atoms with Gasteiger partial charge in [0, 0.05) is 6.42 Å². The minimum Gasteiger partial charge on any atom is -0.481 e. The summed E-state index contributed by atoms with van der Waals surface area (Å²) in [7, 11) is 0. The van der Waals surface area contributed by atoms with E-state index in [-0.39, 0.29) is 6.42 Å². The Labute approximate surface area is 166 Å². The molecule has 168 valence electrons. The van der Waals surface area contributed by atoms with Crippen molar-refractivity contribution in [2.75, 3.05) is 0 Å². The van der Waals surface area contributed by atoms with Crippen molar-refractivity contribution in [2.45, 2.75) is 122 Å². The van der Waals surface area contributed by atoms with Crippen LogP contribution in [0.2, 0.25) is 0 Å². The molecule has 0 saturated carbocycles. The van der Waals surface area contributed by atoms with Crippen LogP contribution in [0.25, 0.3) is 0 Å². The van der Waals surface area contributed by atoms with Gasteiger partial charge in [-0.1, -0.05) is 84.0 Å². The maximum atomic E-state index is 12.9. The van der Waals surface area contributed by atoms with Crippen LogP contribution in [0.5, 0.6) is 0 Å². The molecule has 0 aliphatic rings. The molecule has 0 radical (unpaired) electrons. The predicted molar refractivity (Wildman–Crippen MR) is 102 cm³/mol. The lowest BCUT2D eigenvalue weighted by atomic mass is 9.94. The molecule has 2 nitrogen and oxygen atoms in total. The molecule has 0 aromatic heterocycles. The highest BCUT2D eigenvalue weighted by molar-refractivity contribution is 5.69. The fourth-order valence-electron chi connectivity index (χ4n) is 3.34. The van der Waals surface area contributed by atoms with Crippen LogP contribution in [-0.2, 0) is 4.79 Å². The van der Waals surface area contributed by atoms with Crippen LogP contribution < -0.4 is 0 Å². The molecule has 0 fully saturated rings. The van der Waals surface area contributed by atoms with Gasteiger partial charge in [-0.05, 0) is 19.3 Å². The normalized spacial score (nSPS) is 13.6. The summed E-state index contributed by atoms with van der Waals surface area (Å²) in [5, 5.41) is 9.13. The summed E-state index contributed by atoms with van der Waals surface area (Å²) < 4.78 is 62.1. The van der Waals surface area contributed by atoms with E-state index in [1.54, 1.807) is 0 Å². The van der Waals surface area contributed by atoms with Crippen molar-refractivity contribution in [1.82, 2.24) is 0 Å². The maximum Gasteiger partial charge on any atom is 0.453 e. The number of carboxylic acids is 1.